The summed E-state index contributed by atoms with van der Waals surface area (Å²) in [5.41, 5.74) is 0.647. The number of thioether (sulfide) groups is 1. The van der Waals surface area contributed by atoms with Crippen LogP contribution in [-0.2, 0) is 4.79 Å². The zero-order valence-electron chi connectivity index (χ0n) is 11.6. The van der Waals surface area contributed by atoms with E-state index in [4.69, 9.17) is 5.11 Å². The van der Waals surface area contributed by atoms with Gasteiger partial charge in [-0.1, -0.05) is 25.1 Å². The lowest BCUT2D eigenvalue weighted by atomic mass is 10.2. The number of nitrogens with zero attached hydrogens (tertiary/aromatic N) is 2. The molecule has 0 saturated heterocycles. The number of carbonyl (C=O) groups is 1. The van der Waals surface area contributed by atoms with Crippen molar-refractivity contribution < 1.29 is 9.90 Å². The minimum absolute atomic E-state index is 0.0218. The molecule has 1 saturated carbocycles. The zero-order chi connectivity index (χ0) is 15.0. The molecule has 5 nitrogen and oxygen atoms in total. The number of thiophene rings is 1. The first-order valence-corrected chi connectivity index (χ1v) is 8.82. The van der Waals surface area contributed by atoms with Crippen LogP contribution in [-0.4, -0.2) is 26.4 Å². The number of carboxylic acids is 1. The third-order valence-corrected chi connectivity index (χ3v) is 5.51. The first kappa shape index (κ1) is 14.6. The molecule has 1 N–H and O–H groups in total. The summed E-state index contributed by atoms with van der Waals surface area (Å²) in [5, 5.41) is 11.3. The van der Waals surface area contributed by atoms with E-state index in [9.17, 15) is 9.59 Å². The van der Waals surface area contributed by atoms with Crippen molar-refractivity contribution in [3.05, 3.63) is 21.8 Å². The second-order valence-corrected chi connectivity index (χ2v) is 7.10. The summed E-state index contributed by atoms with van der Waals surface area (Å²) >= 11 is 2.53. The average Bonchev–Trinajstić information content (AvgIpc) is 3.01. The monoisotopic (exact) mass is 324 g/mol. The van der Waals surface area contributed by atoms with E-state index in [-0.39, 0.29) is 17.4 Å². The van der Waals surface area contributed by atoms with Crippen LogP contribution in [0.3, 0.4) is 0 Å². The van der Waals surface area contributed by atoms with Crippen molar-refractivity contribution in [2.75, 3.05) is 5.75 Å². The molecule has 0 aromatic carbocycles. The average molecular weight is 324 g/mol. The zero-order valence-corrected chi connectivity index (χ0v) is 13.2. The van der Waals surface area contributed by atoms with Gasteiger partial charge in [0.05, 0.1) is 11.3 Å². The number of hydrogen-bond acceptors (Lipinski definition) is 5. The Morgan fingerprint density at radius 1 is 1.62 bits per heavy atom. The Morgan fingerprint density at radius 2 is 2.43 bits per heavy atom. The highest BCUT2D eigenvalue weighted by Gasteiger charge is 2.40. The lowest BCUT2D eigenvalue weighted by molar-refractivity contribution is -0.133. The SMILES string of the molecule is CCCC1CC1n1c(SCC(=O)O)nc2ccsc2c1=O. The van der Waals surface area contributed by atoms with Gasteiger partial charge in [-0.2, -0.15) is 0 Å². The first-order valence-electron chi connectivity index (χ1n) is 6.96. The molecule has 3 rings (SSSR count). The van der Waals surface area contributed by atoms with Gasteiger partial charge in [-0.3, -0.25) is 14.2 Å². The number of rotatable bonds is 6. The van der Waals surface area contributed by atoms with E-state index in [1.165, 1.54) is 11.3 Å². The Bertz CT molecular complexity index is 737. The Labute approximate surface area is 130 Å². The second kappa shape index (κ2) is 5.81. The number of carboxylic acid groups (broad SMARTS) is 1. The minimum atomic E-state index is -0.896. The van der Waals surface area contributed by atoms with Crippen molar-refractivity contribution in [1.29, 1.82) is 0 Å². The smallest absolute Gasteiger partial charge is 0.313 e. The van der Waals surface area contributed by atoms with Crippen molar-refractivity contribution >= 4 is 39.3 Å². The minimum Gasteiger partial charge on any atom is -0.481 e. The van der Waals surface area contributed by atoms with Gasteiger partial charge in [0.2, 0.25) is 0 Å². The molecule has 21 heavy (non-hydrogen) atoms. The number of hydrogen-bond donors (Lipinski definition) is 1. The van der Waals surface area contributed by atoms with E-state index in [2.05, 4.69) is 11.9 Å². The Kier molecular flexibility index (Phi) is 4.03. The molecule has 0 spiro atoms. The molecule has 0 aliphatic heterocycles. The van der Waals surface area contributed by atoms with Gasteiger partial charge in [-0.05, 0) is 30.2 Å². The molecular formula is C14H16N2O3S2. The lowest BCUT2D eigenvalue weighted by Gasteiger charge is -2.11. The Morgan fingerprint density at radius 3 is 3.14 bits per heavy atom. The predicted octanol–water partition coefficient (Wildman–Crippen LogP) is 3.00. The van der Waals surface area contributed by atoms with Crippen LogP contribution in [0.25, 0.3) is 10.2 Å². The van der Waals surface area contributed by atoms with Crippen molar-refractivity contribution in [3.63, 3.8) is 0 Å². The third kappa shape index (κ3) is 2.85. The van der Waals surface area contributed by atoms with Crippen LogP contribution >= 0.6 is 23.1 Å². The van der Waals surface area contributed by atoms with E-state index >= 15 is 0 Å². The van der Waals surface area contributed by atoms with Gasteiger partial charge in [-0.25, -0.2) is 4.98 Å². The number of aliphatic carboxylic acids is 1. The van der Waals surface area contributed by atoms with Crippen LogP contribution in [0.4, 0.5) is 0 Å². The van der Waals surface area contributed by atoms with Crippen LogP contribution in [0.2, 0.25) is 0 Å². The van der Waals surface area contributed by atoms with Crippen molar-refractivity contribution in [2.45, 2.75) is 37.4 Å². The second-order valence-electron chi connectivity index (χ2n) is 5.24. The predicted molar refractivity (Wildman–Crippen MR) is 84.3 cm³/mol. The lowest BCUT2D eigenvalue weighted by Crippen LogP contribution is -2.22. The van der Waals surface area contributed by atoms with Gasteiger partial charge in [0.1, 0.15) is 4.70 Å². The van der Waals surface area contributed by atoms with Crippen molar-refractivity contribution in [3.8, 4) is 0 Å². The Hall–Kier alpha value is -1.34. The molecule has 1 fully saturated rings. The van der Waals surface area contributed by atoms with Gasteiger partial charge in [-0.15, -0.1) is 11.3 Å². The topological polar surface area (TPSA) is 72.2 Å². The first-order chi connectivity index (χ1) is 10.1. The standard InChI is InChI=1S/C14H16N2O3S2/c1-2-3-8-6-10(8)16-13(19)12-9(4-5-20-12)15-14(16)21-7-11(17)18/h4-5,8,10H,2-3,6-7H2,1H3,(H,17,18). The summed E-state index contributed by atoms with van der Waals surface area (Å²) in [6.07, 6.45) is 3.19. The van der Waals surface area contributed by atoms with Gasteiger partial charge < -0.3 is 5.11 Å². The van der Waals surface area contributed by atoms with E-state index < -0.39 is 5.97 Å². The summed E-state index contributed by atoms with van der Waals surface area (Å²) in [7, 11) is 0. The number of fused-ring (bicyclic) bond motifs is 1. The van der Waals surface area contributed by atoms with Crippen LogP contribution in [0, 0.1) is 5.92 Å². The largest absolute Gasteiger partial charge is 0.481 e. The molecule has 2 atom stereocenters. The summed E-state index contributed by atoms with van der Waals surface area (Å²) in [6, 6.07) is 2.00. The van der Waals surface area contributed by atoms with Crippen LogP contribution < -0.4 is 5.56 Å². The highest BCUT2D eigenvalue weighted by molar-refractivity contribution is 7.99. The highest BCUT2D eigenvalue weighted by Crippen LogP contribution is 2.47. The van der Waals surface area contributed by atoms with Gasteiger partial charge in [0.25, 0.3) is 5.56 Å². The molecule has 112 valence electrons. The van der Waals surface area contributed by atoms with E-state index in [1.54, 1.807) is 4.57 Å². The summed E-state index contributed by atoms with van der Waals surface area (Å²) in [4.78, 5) is 28.0. The molecule has 1 aliphatic rings. The fourth-order valence-corrected chi connectivity index (χ4v) is 4.19. The van der Waals surface area contributed by atoms with Gasteiger partial charge in [0, 0.05) is 6.04 Å². The van der Waals surface area contributed by atoms with Crippen LogP contribution in [0.15, 0.2) is 21.4 Å². The molecule has 0 radical (unpaired) electrons. The number of aromatic nitrogens is 2. The van der Waals surface area contributed by atoms with Crippen molar-refractivity contribution in [1.82, 2.24) is 9.55 Å². The fraction of sp³-hybridized carbons (Fsp3) is 0.500. The Balaban J connectivity index is 2.02. The van der Waals surface area contributed by atoms with Crippen molar-refractivity contribution in [2.24, 2.45) is 5.92 Å². The maximum Gasteiger partial charge on any atom is 0.313 e. The van der Waals surface area contributed by atoms with Crippen LogP contribution in [0.1, 0.15) is 32.2 Å². The normalized spacial score (nSPS) is 20.8. The molecule has 7 heteroatoms. The molecule has 2 heterocycles. The van der Waals surface area contributed by atoms with Crippen LogP contribution in [0.5, 0.6) is 0 Å². The van der Waals surface area contributed by atoms with Gasteiger partial charge in [0.15, 0.2) is 5.16 Å². The summed E-state index contributed by atoms with van der Waals surface area (Å²) < 4.78 is 2.39. The molecule has 2 aromatic rings. The molecular weight excluding hydrogens is 308 g/mol. The third-order valence-electron chi connectivity index (χ3n) is 3.68. The van der Waals surface area contributed by atoms with E-state index in [0.717, 1.165) is 31.0 Å². The van der Waals surface area contributed by atoms with E-state index in [1.807, 2.05) is 11.4 Å². The molecule has 0 bridgehead atoms. The maximum absolute atomic E-state index is 12.7. The molecule has 1 aliphatic carbocycles. The molecule has 2 aromatic heterocycles. The summed E-state index contributed by atoms with van der Waals surface area (Å²) in [6.45, 7) is 2.14. The molecule has 2 unspecified atom stereocenters. The fourth-order valence-electron chi connectivity index (χ4n) is 2.65. The summed E-state index contributed by atoms with van der Waals surface area (Å²) in [5.74, 6) is -0.448. The maximum atomic E-state index is 12.7. The highest BCUT2D eigenvalue weighted by atomic mass is 32.2. The van der Waals surface area contributed by atoms with Gasteiger partial charge >= 0.3 is 5.97 Å². The molecule has 0 amide bonds. The van der Waals surface area contributed by atoms with E-state index in [0.29, 0.717) is 21.3 Å². The quantitative estimate of drug-likeness (QED) is 0.653.